The van der Waals surface area contributed by atoms with Crippen LogP contribution in [0.4, 0.5) is 22.7 Å². The summed E-state index contributed by atoms with van der Waals surface area (Å²) in [5.74, 6) is 0. The van der Waals surface area contributed by atoms with Crippen molar-refractivity contribution in [1.29, 1.82) is 0 Å². The zero-order valence-corrected chi connectivity index (χ0v) is 26.0. The maximum atomic E-state index is 2.58. The highest BCUT2D eigenvalue weighted by atomic mass is 15.2. The lowest BCUT2D eigenvalue weighted by atomic mass is 9.57. The third kappa shape index (κ3) is 2.91. The molecule has 0 saturated carbocycles. The average molecular weight is 608 g/mol. The molecule has 3 aliphatic heterocycles. The molecular weight excluding hydrogens is 582 g/mol. The summed E-state index contributed by atoms with van der Waals surface area (Å²) in [6.07, 6.45) is 0. The first kappa shape index (κ1) is 25.0. The maximum absolute atomic E-state index is 2.58. The summed E-state index contributed by atoms with van der Waals surface area (Å²) in [4.78, 5) is 5.10. The molecule has 220 valence electrons. The summed E-state index contributed by atoms with van der Waals surface area (Å²) in [6.45, 7) is -0.00329. The number of para-hydroxylation sites is 6. The highest BCUT2D eigenvalue weighted by molar-refractivity contribution is 6.84. The third-order valence-corrected chi connectivity index (χ3v) is 11.1. The van der Waals surface area contributed by atoms with Crippen LogP contribution >= 0.6 is 0 Å². The van der Waals surface area contributed by atoms with Gasteiger partial charge in [-0.25, -0.2) is 0 Å². The van der Waals surface area contributed by atoms with Gasteiger partial charge < -0.3 is 18.6 Å². The van der Waals surface area contributed by atoms with E-state index in [9.17, 15) is 0 Å². The molecule has 0 radical (unpaired) electrons. The van der Waals surface area contributed by atoms with E-state index in [2.05, 4.69) is 176 Å². The van der Waals surface area contributed by atoms with Crippen molar-refractivity contribution in [3.8, 4) is 11.1 Å². The SMILES string of the molecule is c1ccc(N2B(c3ccc4c(c3)-c3ccccc3N3B4n4c5ccccc5c5cccc3c54)n3c4ccccc4c4cccc2c43)cc1. The van der Waals surface area contributed by atoms with E-state index < -0.39 is 0 Å². The first-order valence-electron chi connectivity index (χ1n) is 16.8. The van der Waals surface area contributed by atoms with Crippen LogP contribution in [0.25, 0.3) is 54.7 Å². The van der Waals surface area contributed by atoms with Gasteiger partial charge in [0.2, 0.25) is 0 Å². The standard InChI is InChI=1S/C42H26B2N4/c1-2-12-28(13-3-1)45-39-22-10-17-32-29-14-4-8-20-37(29)47(41(32)39)43(45)27-24-25-35-34(26-27)31-16-6-7-19-36(31)46-40-23-11-18-33-30-15-5-9-21-38(30)48(42(33)40)44(35)46/h1-26H. The number of rotatable bonds is 2. The van der Waals surface area contributed by atoms with Crippen molar-refractivity contribution in [1.82, 2.24) is 8.96 Å². The van der Waals surface area contributed by atoms with Crippen LogP contribution < -0.4 is 20.5 Å². The normalized spacial score (nSPS) is 14.1. The number of hydrogen-bond donors (Lipinski definition) is 0. The van der Waals surface area contributed by atoms with Crippen molar-refractivity contribution in [2.45, 2.75) is 0 Å². The Bertz CT molecular complexity index is 2830. The molecule has 5 heterocycles. The fraction of sp³-hybridized carbons (Fsp3) is 0. The van der Waals surface area contributed by atoms with Gasteiger partial charge in [0.1, 0.15) is 0 Å². The summed E-state index contributed by atoms with van der Waals surface area (Å²) >= 11 is 0. The van der Waals surface area contributed by atoms with Crippen molar-refractivity contribution in [2.24, 2.45) is 0 Å². The van der Waals surface area contributed by atoms with Gasteiger partial charge in [0.15, 0.2) is 0 Å². The van der Waals surface area contributed by atoms with Crippen LogP contribution in [0.1, 0.15) is 0 Å². The third-order valence-electron chi connectivity index (χ3n) is 11.1. The number of nitrogens with zero attached hydrogens (tertiary/aromatic N) is 4. The van der Waals surface area contributed by atoms with Crippen molar-refractivity contribution in [2.75, 3.05) is 9.62 Å². The number of fused-ring (bicyclic) bond motifs is 14. The minimum Gasteiger partial charge on any atom is -0.360 e. The van der Waals surface area contributed by atoms with Crippen molar-refractivity contribution in [3.63, 3.8) is 0 Å². The zero-order valence-electron chi connectivity index (χ0n) is 26.0. The van der Waals surface area contributed by atoms with Crippen molar-refractivity contribution in [3.05, 3.63) is 158 Å². The highest BCUT2D eigenvalue weighted by Crippen LogP contribution is 2.49. The number of aromatic nitrogens is 2. The van der Waals surface area contributed by atoms with E-state index in [4.69, 9.17) is 0 Å². The van der Waals surface area contributed by atoms with Crippen molar-refractivity contribution >= 4 is 91.3 Å². The smallest absolute Gasteiger partial charge is 0.360 e. The van der Waals surface area contributed by atoms with E-state index in [0.29, 0.717) is 0 Å². The van der Waals surface area contributed by atoms with Crippen LogP contribution in [0, 0.1) is 0 Å². The molecule has 0 amide bonds. The lowest BCUT2D eigenvalue weighted by molar-refractivity contribution is 1.30. The van der Waals surface area contributed by atoms with E-state index in [0.717, 1.165) is 0 Å². The van der Waals surface area contributed by atoms with Crippen LogP contribution in [0.5, 0.6) is 0 Å². The second kappa shape index (κ2) is 8.81. The van der Waals surface area contributed by atoms with Gasteiger partial charge in [0, 0.05) is 49.5 Å². The molecule has 0 bridgehead atoms. The molecular formula is C42H26B2N4. The molecule has 4 nitrogen and oxygen atoms in total. The molecule has 6 heteroatoms. The number of anilines is 4. The summed E-state index contributed by atoms with van der Waals surface area (Å²) in [5, 5.41) is 5.24. The second-order valence-electron chi connectivity index (χ2n) is 13.3. The fourth-order valence-corrected chi connectivity index (χ4v) is 9.27. The van der Waals surface area contributed by atoms with Gasteiger partial charge in [-0.05, 0) is 59.0 Å². The molecule has 48 heavy (non-hydrogen) atoms. The van der Waals surface area contributed by atoms with Gasteiger partial charge in [-0.3, -0.25) is 0 Å². The van der Waals surface area contributed by atoms with Crippen LogP contribution in [-0.4, -0.2) is 22.9 Å². The molecule has 0 aliphatic carbocycles. The average Bonchev–Trinajstić information content (AvgIpc) is 3.89. The van der Waals surface area contributed by atoms with E-state index >= 15 is 0 Å². The van der Waals surface area contributed by atoms with E-state index in [-0.39, 0.29) is 14.0 Å². The van der Waals surface area contributed by atoms with Crippen LogP contribution in [0.15, 0.2) is 158 Å². The Morgan fingerprint density at radius 1 is 0.375 bits per heavy atom. The monoisotopic (exact) mass is 608 g/mol. The molecule has 0 atom stereocenters. The molecule has 9 aromatic rings. The van der Waals surface area contributed by atoms with Crippen LogP contribution in [-0.2, 0) is 0 Å². The quantitative estimate of drug-likeness (QED) is 0.183. The maximum Gasteiger partial charge on any atom is 0.421 e. The van der Waals surface area contributed by atoms with Gasteiger partial charge in [-0.1, -0.05) is 115 Å². The topological polar surface area (TPSA) is 16.3 Å². The van der Waals surface area contributed by atoms with Gasteiger partial charge in [0.05, 0.1) is 22.4 Å². The molecule has 0 fully saturated rings. The molecule has 0 spiro atoms. The summed E-state index contributed by atoms with van der Waals surface area (Å²) in [6, 6.07) is 58.5. The predicted molar refractivity (Wildman–Crippen MR) is 203 cm³/mol. The minimum absolute atomic E-state index is 0.0360. The second-order valence-corrected chi connectivity index (χ2v) is 13.3. The Morgan fingerprint density at radius 3 is 1.67 bits per heavy atom. The summed E-state index contributed by atoms with van der Waals surface area (Å²) in [7, 11) is 0. The molecule has 0 unspecified atom stereocenters. The van der Waals surface area contributed by atoms with E-state index in [1.54, 1.807) is 0 Å². The molecule has 2 aromatic heterocycles. The first-order valence-corrected chi connectivity index (χ1v) is 16.8. The lowest BCUT2D eigenvalue weighted by Gasteiger charge is -2.35. The summed E-state index contributed by atoms with van der Waals surface area (Å²) in [5.41, 5.74) is 15.3. The minimum atomic E-state index is -0.0393. The molecule has 12 rings (SSSR count). The Morgan fingerprint density at radius 2 is 0.938 bits per heavy atom. The Balaban J connectivity index is 1.14. The Hall–Kier alpha value is -6.13. The van der Waals surface area contributed by atoms with Gasteiger partial charge in [-0.2, -0.15) is 0 Å². The first-order chi connectivity index (χ1) is 23.9. The van der Waals surface area contributed by atoms with Gasteiger partial charge >= 0.3 is 14.0 Å². The Kier molecular flexibility index (Phi) is 4.59. The predicted octanol–water partition coefficient (Wildman–Crippen LogP) is 8.67. The van der Waals surface area contributed by atoms with Crippen molar-refractivity contribution < 1.29 is 0 Å². The summed E-state index contributed by atoms with van der Waals surface area (Å²) < 4.78 is 5.16. The van der Waals surface area contributed by atoms with E-state index in [1.165, 1.54) is 88.4 Å². The zero-order chi connectivity index (χ0) is 31.1. The van der Waals surface area contributed by atoms with Gasteiger partial charge in [0.25, 0.3) is 0 Å². The largest absolute Gasteiger partial charge is 0.421 e. The number of benzene rings is 7. The molecule has 3 aliphatic rings. The van der Waals surface area contributed by atoms with Crippen LogP contribution in [0.3, 0.4) is 0 Å². The molecule has 7 aromatic carbocycles. The molecule has 0 saturated heterocycles. The highest BCUT2D eigenvalue weighted by Gasteiger charge is 2.46. The number of hydrogen-bond acceptors (Lipinski definition) is 2. The molecule has 0 N–H and O–H groups in total. The lowest BCUT2D eigenvalue weighted by Crippen LogP contribution is -2.53. The fourth-order valence-electron chi connectivity index (χ4n) is 9.27. The van der Waals surface area contributed by atoms with E-state index in [1.807, 2.05) is 0 Å². The van der Waals surface area contributed by atoms with Crippen LogP contribution in [0.2, 0.25) is 0 Å². The Labute approximate surface area is 277 Å². The van der Waals surface area contributed by atoms with Gasteiger partial charge in [-0.15, -0.1) is 0 Å².